The zero-order chi connectivity index (χ0) is 20.8. The molecule has 0 radical (unpaired) electrons. The largest absolute Gasteiger partial charge is 0.493 e. The molecule has 1 N–H and O–H groups in total. The molecule has 1 amide bonds. The van der Waals surface area contributed by atoms with E-state index >= 15 is 0 Å². The van der Waals surface area contributed by atoms with E-state index in [1.807, 2.05) is 29.8 Å². The maximum absolute atomic E-state index is 13.4. The SMILES string of the molecule is COc1ccc(CCNC(=O)CCCn2nc(C)c3cc(F)ccc32)cc1OC. The van der Waals surface area contributed by atoms with Crippen LogP contribution in [0, 0.1) is 12.7 Å². The van der Waals surface area contributed by atoms with Crippen molar-refractivity contribution < 1.29 is 18.7 Å². The summed E-state index contributed by atoms with van der Waals surface area (Å²) in [7, 11) is 3.20. The Morgan fingerprint density at radius 2 is 1.93 bits per heavy atom. The van der Waals surface area contributed by atoms with Gasteiger partial charge in [-0.1, -0.05) is 6.07 Å². The van der Waals surface area contributed by atoms with Crippen LogP contribution in [-0.4, -0.2) is 36.5 Å². The van der Waals surface area contributed by atoms with E-state index in [1.165, 1.54) is 12.1 Å². The summed E-state index contributed by atoms with van der Waals surface area (Å²) in [6.45, 7) is 3.02. The second-order valence-corrected chi connectivity index (χ2v) is 6.86. The molecule has 7 heteroatoms. The first-order chi connectivity index (χ1) is 14.0. The van der Waals surface area contributed by atoms with Crippen molar-refractivity contribution in [3.05, 3.63) is 53.5 Å². The van der Waals surface area contributed by atoms with E-state index in [-0.39, 0.29) is 11.7 Å². The number of nitrogens with zero attached hydrogens (tertiary/aromatic N) is 2. The van der Waals surface area contributed by atoms with Crippen LogP contribution in [0.15, 0.2) is 36.4 Å². The smallest absolute Gasteiger partial charge is 0.220 e. The van der Waals surface area contributed by atoms with E-state index in [1.54, 1.807) is 20.3 Å². The molecule has 29 heavy (non-hydrogen) atoms. The van der Waals surface area contributed by atoms with Crippen LogP contribution in [0.5, 0.6) is 11.5 Å². The Morgan fingerprint density at radius 1 is 1.14 bits per heavy atom. The van der Waals surface area contributed by atoms with E-state index in [0.29, 0.717) is 43.9 Å². The van der Waals surface area contributed by atoms with Crippen molar-refractivity contribution in [1.29, 1.82) is 0 Å². The monoisotopic (exact) mass is 399 g/mol. The van der Waals surface area contributed by atoms with Gasteiger partial charge in [-0.05, 0) is 55.7 Å². The molecule has 2 aromatic carbocycles. The van der Waals surface area contributed by atoms with Gasteiger partial charge in [0.15, 0.2) is 11.5 Å². The molecule has 0 saturated heterocycles. The van der Waals surface area contributed by atoms with Gasteiger partial charge in [0, 0.05) is 24.9 Å². The molecule has 1 aromatic heterocycles. The number of ether oxygens (including phenoxy) is 2. The third-order valence-corrected chi connectivity index (χ3v) is 4.85. The number of fused-ring (bicyclic) bond motifs is 1. The number of aromatic nitrogens is 2. The van der Waals surface area contributed by atoms with E-state index in [0.717, 1.165) is 22.2 Å². The second kappa shape index (κ2) is 9.41. The predicted molar refractivity (Wildman–Crippen MR) is 110 cm³/mol. The predicted octanol–water partition coefficient (Wildman–Crippen LogP) is 3.64. The number of benzene rings is 2. The van der Waals surface area contributed by atoms with Gasteiger partial charge in [0.2, 0.25) is 5.91 Å². The zero-order valence-electron chi connectivity index (χ0n) is 17.0. The molecular weight excluding hydrogens is 373 g/mol. The lowest BCUT2D eigenvalue weighted by atomic mass is 10.1. The quantitative estimate of drug-likeness (QED) is 0.597. The number of halogens is 1. The molecule has 3 aromatic rings. The van der Waals surface area contributed by atoms with Crippen molar-refractivity contribution in [3.8, 4) is 11.5 Å². The molecular formula is C22H26FN3O3. The molecule has 0 aliphatic rings. The van der Waals surface area contributed by atoms with Gasteiger partial charge in [0.25, 0.3) is 0 Å². The van der Waals surface area contributed by atoms with Crippen molar-refractivity contribution in [2.75, 3.05) is 20.8 Å². The van der Waals surface area contributed by atoms with Crippen molar-refractivity contribution in [2.24, 2.45) is 0 Å². The Hall–Kier alpha value is -3.09. The van der Waals surface area contributed by atoms with Gasteiger partial charge >= 0.3 is 0 Å². The fraction of sp³-hybridized carbons (Fsp3) is 0.364. The van der Waals surface area contributed by atoms with Crippen molar-refractivity contribution >= 4 is 16.8 Å². The van der Waals surface area contributed by atoms with Gasteiger partial charge in [-0.3, -0.25) is 9.48 Å². The van der Waals surface area contributed by atoms with E-state index in [9.17, 15) is 9.18 Å². The normalized spacial score (nSPS) is 10.9. The van der Waals surface area contributed by atoms with Crippen molar-refractivity contribution in [2.45, 2.75) is 32.7 Å². The number of aryl methyl sites for hydroxylation is 2. The Labute approximate surface area is 169 Å². The topological polar surface area (TPSA) is 65.4 Å². The third kappa shape index (κ3) is 5.04. The lowest BCUT2D eigenvalue weighted by molar-refractivity contribution is -0.121. The summed E-state index contributed by atoms with van der Waals surface area (Å²) in [5.41, 5.74) is 2.74. The highest BCUT2D eigenvalue weighted by atomic mass is 19.1. The molecule has 1 heterocycles. The van der Waals surface area contributed by atoms with Gasteiger partial charge < -0.3 is 14.8 Å². The van der Waals surface area contributed by atoms with Gasteiger partial charge in [0.1, 0.15) is 5.82 Å². The number of rotatable bonds is 9. The highest BCUT2D eigenvalue weighted by Gasteiger charge is 2.09. The summed E-state index contributed by atoms with van der Waals surface area (Å²) in [5.74, 6) is 1.10. The molecule has 6 nitrogen and oxygen atoms in total. The molecule has 0 aliphatic heterocycles. The summed E-state index contributed by atoms with van der Waals surface area (Å²) in [6.07, 6.45) is 1.78. The first kappa shape index (κ1) is 20.6. The summed E-state index contributed by atoms with van der Waals surface area (Å²) < 4.78 is 25.8. The Morgan fingerprint density at radius 3 is 2.69 bits per heavy atom. The standard InChI is InChI=1S/C22H26FN3O3/c1-15-18-14-17(23)7-8-19(18)26(25-15)12-4-5-22(27)24-11-10-16-6-9-20(28-2)21(13-16)29-3/h6-9,13-14H,4-5,10-12H2,1-3H3,(H,24,27). The summed E-state index contributed by atoms with van der Waals surface area (Å²) in [6, 6.07) is 10.4. The van der Waals surface area contributed by atoms with E-state index in [2.05, 4.69) is 10.4 Å². The zero-order valence-corrected chi connectivity index (χ0v) is 17.0. The van der Waals surface area contributed by atoms with Gasteiger partial charge in [-0.15, -0.1) is 0 Å². The van der Waals surface area contributed by atoms with Gasteiger partial charge in [-0.25, -0.2) is 4.39 Å². The number of carbonyl (C=O) groups is 1. The fourth-order valence-corrected chi connectivity index (χ4v) is 3.34. The van der Waals surface area contributed by atoms with Crippen LogP contribution in [0.1, 0.15) is 24.1 Å². The molecule has 0 aliphatic carbocycles. The molecule has 0 bridgehead atoms. The molecule has 0 spiro atoms. The first-order valence-electron chi connectivity index (χ1n) is 9.62. The molecule has 0 fully saturated rings. The number of nitrogens with one attached hydrogen (secondary N) is 1. The Kier molecular flexibility index (Phi) is 6.69. The first-order valence-corrected chi connectivity index (χ1v) is 9.62. The van der Waals surface area contributed by atoms with Gasteiger partial charge in [-0.2, -0.15) is 5.10 Å². The van der Waals surface area contributed by atoms with Crippen LogP contribution in [-0.2, 0) is 17.8 Å². The fourth-order valence-electron chi connectivity index (χ4n) is 3.34. The molecule has 0 unspecified atom stereocenters. The molecule has 0 atom stereocenters. The number of methoxy groups -OCH3 is 2. The number of hydrogen-bond acceptors (Lipinski definition) is 4. The highest BCUT2D eigenvalue weighted by molar-refractivity contribution is 5.81. The maximum atomic E-state index is 13.4. The minimum Gasteiger partial charge on any atom is -0.493 e. The van der Waals surface area contributed by atoms with Crippen LogP contribution in [0.4, 0.5) is 4.39 Å². The summed E-state index contributed by atoms with van der Waals surface area (Å²) >= 11 is 0. The van der Waals surface area contributed by atoms with Crippen LogP contribution in [0.2, 0.25) is 0 Å². The minimum atomic E-state index is -0.269. The summed E-state index contributed by atoms with van der Waals surface area (Å²) in [5, 5.41) is 8.21. The maximum Gasteiger partial charge on any atom is 0.220 e. The van der Waals surface area contributed by atoms with E-state index < -0.39 is 0 Å². The molecule has 154 valence electrons. The lowest BCUT2D eigenvalue weighted by Crippen LogP contribution is -2.25. The number of carbonyl (C=O) groups excluding carboxylic acids is 1. The van der Waals surface area contributed by atoms with Crippen LogP contribution < -0.4 is 14.8 Å². The molecule has 3 rings (SSSR count). The van der Waals surface area contributed by atoms with Crippen LogP contribution in [0.25, 0.3) is 10.9 Å². The van der Waals surface area contributed by atoms with Gasteiger partial charge in [0.05, 0.1) is 25.4 Å². The molecule has 0 saturated carbocycles. The average molecular weight is 399 g/mol. The average Bonchev–Trinajstić information content (AvgIpc) is 3.02. The highest BCUT2D eigenvalue weighted by Crippen LogP contribution is 2.27. The number of hydrogen-bond donors (Lipinski definition) is 1. The Balaban J connectivity index is 1.45. The van der Waals surface area contributed by atoms with Crippen LogP contribution in [0.3, 0.4) is 0 Å². The minimum absolute atomic E-state index is 0.00436. The van der Waals surface area contributed by atoms with E-state index in [4.69, 9.17) is 9.47 Å². The second-order valence-electron chi connectivity index (χ2n) is 6.86. The van der Waals surface area contributed by atoms with Crippen molar-refractivity contribution in [3.63, 3.8) is 0 Å². The third-order valence-electron chi connectivity index (χ3n) is 4.85. The summed E-state index contributed by atoms with van der Waals surface area (Å²) in [4.78, 5) is 12.1. The number of amides is 1. The lowest BCUT2D eigenvalue weighted by Gasteiger charge is -2.10. The van der Waals surface area contributed by atoms with Crippen molar-refractivity contribution in [1.82, 2.24) is 15.1 Å². The Bertz CT molecular complexity index is 1000. The van der Waals surface area contributed by atoms with Crippen LogP contribution >= 0.6 is 0 Å².